The first-order chi connectivity index (χ1) is 6.52. The summed E-state index contributed by atoms with van der Waals surface area (Å²) < 4.78 is 12.0. The largest absolute Gasteiger partial charge is 0.323 e. The van der Waals surface area contributed by atoms with Crippen LogP contribution < -0.4 is 5.73 Å². The summed E-state index contributed by atoms with van der Waals surface area (Å²) in [6.07, 6.45) is 0. The van der Waals surface area contributed by atoms with Crippen LogP contribution in [0, 0.1) is 13.8 Å². The molecule has 0 radical (unpaired) electrons. The first-order valence-corrected chi connectivity index (χ1v) is 6.01. The highest BCUT2D eigenvalue weighted by molar-refractivity contribution is 7.86. The van der Waals surface area contributed by atoms with Gasteiger partial charge in [-0.05, 0) is 31.9 Å². The summed E-state index contributed by atoms with van der Waals surface area (Å²) in [7, 11) is -0.917. The normalized spacial score (nSPS) is 30.4. The molecule has 3 heteroatoms. The van der Waals surface area contributed by atoms with Crippen LogP contribution in [0.25, 0.3) is 0 Å². The van der Waals surface area contributed by atoms with Crippen molar-refractivity contribution < 1.29 is 4.21 Å². The SMILES string of the molecule is Cc1cc(C)c2c(c1)C(N)C(C)S2=O. The van der Waals surface area contributed by atoms with Crippen molar-refractivity contribution in [1.29, 1.82) is 0 Å². The van der Waals surface area contributed by atoms with Gasteiger partial charge in [0.05, 0.1) is 16.0 Å². The monoisotopic (exact) mass is 209 g/mol. The zero-order valence-electron chi connectivity index (χ0n) is 8.70. The summed E-state index contributed by atoms with van der Waals surface area (Å²) >= 11 is 0. The number of fused-ring (bicyclic) bond motifs is 1. The van der Waals surface area contributed by atoms with Crippen molar-refractivity contribution in [1.82, 2.24) is 0 Å². The summed E-state index contributed by atoms with van der Waals surface area (Å²) in [5.41, 5.74) is 9.41. The van der Waals surface area contributed by atoms with Crippen LogP contribution in [0.4, 0.5) is 0 Å². The van der Waals surface area contributed by atoms with E-state index in [9.17, 15) is 4.21 Å². The first kappa shape index (κ1) is 9.87. The van der Waals surface area contributed by atoms with E-state index in [1.54, 1.807) is 0 Å². The molecule has 0 aromatic heterocycles. The molecule has 1 heterocycles. The molecule has 0 saturated carbocycles. The maximum absolute atomic E-state index is 12.0. The van der Waals surface area contributed by atoms with Crippen LogP contribution in [0.1, 0.15) is 29.7 Å². The summed E-state index contributed by atoms with van der Waals surface area (Å²) in [4.78, 5) is 0.968. The molecule has 1 aromatic rings. The number of rotatable bonds is 0. The van der Waals surface area contributed by atoms with Gasteiger partial charge in [-0.15, -0.1) is 0 Å². The Labute approximate surface area is 87.0 Å². The van der Waals surface area contributed by atoms with Crippen molar-refractivity contribution in [2.24, 2.45) is 5.73 Å². The topological polar surface area (TPSA) is 43.1 Å². The van der Waals surface area contributed by atoms with Crippen LogP contribution >= 0.6 is 0 Å². The molecule has 2 N–H and O–H groups in total. The van der Waals surface area contributed by atoms with Crippen LogP contribution in [-0.2, 0) is 10.8 Å². The molecule has 1 aliphatic heterocycles. The van der Waals surface area contributed by atoms with Crippen molar-refractivity contribution in [2.45, 2.75) is 37.0 Å². The third-order valence-corrected chi connectivity index (χ3v) is 4.78. The molecule has 2 nitrogen and oxygen atoms in total. The second-order valence-electron chi connectivity index (χ2n) is 4.03. The average molecular weight is 209 g/mol. The Morgan fingerprint density at radius 3 is 2.64 bits per heavy atom. The molecule has 0 amide bonds. The van der Waals surface area contributed by atoms with Gasteiger partial charge >= 0.3 is 0 Å². The van der Waals surface area contributed by atoms with Gasteiger partial charge in [0.25, 0.3) is 0 Å². The van der Waals surface area contributed by atoms with Gasteiger partial charge in [-0.2, -0.15) is 0 Å². The van der Waals surface area contributed by atoms with Crippen LogP contribution in [0.2, 0.25) is 0 Å². The van der Waals surface area contributed by atoms with E-state index >= 15 is 0 Å². The predicted molar refractivity (Wildman–Crippen MR) is 58.7 cm³/mol. The summed E-state index contributed by atoms with van der Waals surface area (Å²) in [5, 5.41) is 0.0468. The van der Waals surface area contributed by atoms with Crippen LogP contribution in [-0.4, -0.2) is 9.46 Å². The van der Waals surface area contributed by atoms with E-state index in [1.165, 1.54) is 5.56 Å². The van der Waals surface area contributed by atoms with E-state index in [0.717, 1.165) is 16.0 Å². The molecule has 1 aromatic carbocycles. The van der Waals surface area contributed by atoms with E-state index < -0.39 is 10.8 Å². The zero-order valence-corrected chi connectivity index (χ0v) is 9.52. The van der Waals surface area contributed by atoms with Gasteiger partial charge in [-0.3, -0.25) is 4.21 Å². The first-order valence-electron chi connectivity index (χ1n) is 4.79. The lowest BCUT2D eigenvalue weighted by Gasteiger charge is -2.08. The van der Waals surface area contributed by atoms with Crippen molar-refractivity contribution >= 4 is 10.8 Å². The highest BCUT2D eigenvalue weighted by Crippen LogP contribution is 2.37. The maximum atomic E-state index is 12.0. The number of nitrogens with two attached hydrogens (primary N) is 1. The van der Waals surface area contributed by atoms with E-state index in [1.807, 2.05) is 20.8 Å². The Hall–Kier alpha value is -0.670. The molecular formula is C11H15NOS. The summed E-state index contributed by atoms with van der Waals surface area (Å²) in [6.45, 7) is 6.01. The molecule has 14 heavy (non-hydrogen) atoms. The van der Waals surface area contributed by atoms with Crippen molar-refractivity contribution in [3.05, 3.63) is 28.8 Å². The van der Waals surface area contributed by atoms with Gasteiger partial charge in [-0.1, -0.05) is 17.7 Å². The van der Waals surface area contributed by atoms with E-state index in [2.05, 4.69) is 12.1 Å². The summed E-state index contributed by atoms with van der Waals surface area (Å²) in [5.74, 6) is 0. The smallest absolute Gasteiger partial charge is 0.0583 e. The average Bonchev–Trinajstić information content (AvgIpc) is 2.31. The number of aryl methyl sites for hydroxylation is 2. The molecular weight excluding hydrogens is 194 g/mol. The minimum atomic E-state index is -0.917. The predicted octanol–water partition coefficient (Wildman–Crippen LogP) is 1.81. The van der Waals surface area contributed by atoms with Gasteiger partial charge < -0.3 is 5.73 Å². The fraction of sp³-hybridized carbons (Fsp3) is 0.455. The third-order valence-electron chi connectivity index (χ3n) is 2.85. The fourth-order valence-electron chi connectivity index (χ4n) is 2.08. The fourth-order valence-corrected chi connectivity index (χ4v) is 3.67. The van der Waals surface area contributed by atoms with Crippen LogP contribution in [0.15, 0.2) is 17.0 Å². The Balaban J connectivity index is 2.69. The van der Waals surface area contributed by atoms with Gasteiger partial charge in [0.1, 0.15) is 0 Å². The Morgan fingerprint density at radius 2 is 2.00 bits per heavy atom. The molecule has 1 aliphatic rings. The van der Waals surface area contributed by atoms with E-state index in [-0.39, 0.29) is 11.3 Å². The summed E-state index contributed by atoms with van der Waals surface area (Å²) in [6, 6.07) is 4.07. The lowest BCUT2D eigenvalue weighted by Crippen LogP contribution is -2.20. The van der Waals surface area contributed by atoms with Crippen molar-refractivity contribution in [2.75, 3.05) is 0 Å². The van der Waals surface area contributed by atoms with Gasteiger partial charge in [0, 0.05) is 10.9 Å². The van der Waals surface area contributed by atoms with Crippen molar-refractivity contribution in [3.63, 3.8) is 0 Å². The lowest BCUT2D eigenvalue weighted by molar-refractivity contribution is 0.662. The van der Waals surface area contributed by atoms with Gasteiger partial charge in [0.2, 0.25) is 0 Å². The highest BCUT2D eigenvalue weighted by atomic mass is 32.2. The van der Waals surface area contributed by atoms with Crippen LogP contribution in [0.3, 0.4) is 0 Å². The lowest BCUT2D eigenvalue weighted by atomic mass is 10.0. The Morgan fingerprint density at radius 1 is 1.36 bits per heavy atom. The molecule has 76 valence electrons. The number of benzene rings is 1. The molecule has 3 atom stereocenters. The standard InChI is InChI=1S/C11H15NOS/c1-6-4-7(2)11-9(5-6)10(12)8(3)14(11)13/h4-5,8,10H,12H2,1-3H3. The molecule has 0 saturated heterocycles. The van der Waals surface area contributed by atoms with E-state index in [0.29, 0.717) is 0 Å². The molecule has 0 fully saturated rings. The zero-order chi connectivity index (χ0) is 10.5. The third kappa shape index (κ3) is 1.23. The van der Waals surface area contributed by atoms with Crippen LogP contribution in [0.5, 0.6) is 0 Å². The van der Waals surface area contributed by atoms with Gasteiger partial charge in [0.15, 0.2) is 0 Å². The van der Waals surface area contributed by atoms with Crippen molar-refractivity contribution in [3.8, 4) is 0 Å². The molecule has 0 aliphatic carbocycles. The highest BCUT2D eigenvalue weighted by Gasteiger charge is 2.34. The quantitative estimate of drug-likeness (QED) is 0.708. The second-order valence-corrected chi connectivity index (χ2v) is 5.78. The number of hydrogen-bond donors (Lipinski definition) is 1. The molecule has 0 bridgehead atoms. The number of hydrogen-bond acceptors (Lipinski definition) is 2. The molecule has 0 spiro atoms. The minimum Gasteiger partial charge on any atom is -0.323 e. The maximum Gasteiger partial charge on any atom is 0.0583 e. The second kappa shape index (κ2) is 3.17. The molecule has 2 rings (SSSR count). The van der Waals surface area contributed by atoms with E-state index in [4.69, 9.17) is 5.73 Å². The Kier molecular flexibility index (Phi) is 2.24. The van der Waals surface area contributed by atoms with Gasteiger partial charge in [-0.25, -0.2) is 0 Å². The Bertz CT molecular complexity index is 414. The minimum absolute atomic E-state index is 0.0468. The molecule has 3 unspecified atom stereocenters.